The molecule has 0 atom stereocenters. The van der Waals surface area contributed by atoms with Gasteiger partial charge in [-0.25, -0.2) is 4.98 Å². The number of hydrogen-bond donors (Lipinski definition) is 0. The van der Waals surface area contributed by atoms with Crippen molar-refractivity contribution in [3.05, 3.63) is 48.4 Å². The highest BCUT2D eigenvalue weighted by Crippen LogP contribution is 2.22. The summed E-state index contributed by atoms with van der Waals surface area (Å²) >= 11 is 1.80. The Morgan fingerprint density at radius 1 is 1.19 bits per heavy atom. The number of aromatic nitrogens is 2. The molecule has 1 aromatic heterocycles. The van der Waals surface area contributed by atoms with Gasteiger partial charge in [-0.2, -0.15) is 0 Å². The van der Waals surface area contributed by atoms with E-state index in [-0.39, 0.29) is 0 Å². The summed E-state index contributed by atoms with van der Waals surface area (Å²) < 4.78 is 7.87. The predicted octanol–water partition coefficient (Wildman–Crippen LogP) is 4.49. The highest BCUT2D eigenvalue weighted by atomic mass is 32.2. The van der Waals surface area contributed by atoms with E-state index in [4.69, 9.17) is 4.74 Å². The first-order valence-electron chi connectivity index (χ1n) is 7.29. The Labute approximate surface area is 132 Å². The van der Waals surface area contributed by atoms with Gasteiger partial charge in [0.1, 0.15) is 6.73 Å². The maximum Gasteiger partial charge on any atom is 0.124 e. The van der Waals surface area contributed by atoms with Crippen molar-refractivity contribution in [2.75, 3.05) is 6.61 Å². The van der Waals surface area contributed by atoms with Crippen LogP contribution < -0.4 is 0 Å². The molecule has 0 aliphatic heterocycles. The number of imidazole rings is 1. The molecule has 0 amide bonds. The van der Waals surface area contributed by atoms with Crippen LogP contribution in [0.15, 0.2) is 47.9 Å². The van der Waals surface area contributed by atoms with Gasteiger partial charge in [0.2, 0.25) is 0 Å². The Balaban J connectivity index is 1.79. The van der Waals surface area contributed by atoms with Gasteiger partial charge in [0.25, 0.3) is 0 Å². The number of benzene rings is 1. The monoisotopic (exact) mass is 320 g/mol. The van der Waals surface area contributed by atoms with E-state index in [0.29, 0.717) is 6.73 Å². The second-order valence-corrected chi connectivity index (χ2v) is 12.9. The topological polar surface area (TPSA) is 27.1 Å². The van der Waals surface area contributed by atoms with Crippen molar-refractivity contribution in [2.24, 2.45) is 0 Å². The van der Waals surface area contributed by atoms with Crippen molar-refractivity contribution < 1.29 is 4.74 Å². The van der Waals surface area contributed by atoms with E-state index < -0.39 is 8.07 Å². The van der Waals surface area contributed by atoms with Gasteiger partial charge in [-0.3, -0.25) is 0 Å². The van der Waals surface area contributed by atoms with E-state index in [2.05, 4.69) is 53.5 Å². The van der Waals surface area contributed by atoms with E-state index in [0.717, 1.165) is 17.4 Å². The first-order chi connectivity index (χ1) is 10.0. The molecule has 0 saturated carbocycles. The molecule has 0 bridgehead atoms. The number of rotatable bonds is 8. The predicted molar refractivity (Wildman–Crippen MR) is 92.3 cm³/mol. The lowest BCUT2D eigenvalue weighted by Gasteiger charge is -2.16. The molecular weight excluding hydrogens is 296 g/mol. The average molecular weight is 321 g/mol. The van der Waals surface area contributed by atoms with Gasteiger partial charge in [-0.1, -0.05) is 50.0 Å². The summed E-state index contributed by atoms with van der Waals surface area (Å²) in [5, 5.41) is 1.16. The van der Waals surface area contributed by atoms with Crippen molar-refractivity contribution in [1.82, 2.24) is 9.55 Å². The van der Waals surface area contributed by atoms with Crippen LogP contribution in [-0.4, -0.2) is 24.2 Å². The van der Waals surface area contributed by atoms with Gasteiger partial charge < -0.3 is 9.30 Å². The maximum absolute atomic E-state index is 5.79. The fourth-order valence-electron chi connectivity index (χ4n) is 1.80. The summed E-state index contributed by atoms with van der Waals surface area (Å²) in [6, 6.07) is 11.7. The molecule has 114 valence electrons. The van der Waals surface area contributed by atoms with Crippen LogP contribution >= 0.6 is 11.8 Å². The van der Waals surface area contributed by atoms with E-state index in [1.807, 2.05) is 18.6 Å². The van der Waals surface area contributed by atoms with E-state index in [1.165, 1.54) is 11.6 Å². The molecule has 0 unspecified atom stereocenters. The van der Waals surface area contributed by atoms with Crippen molar-refractivity contribution in [2.45, 2.75) is 43.2 Å². The molecule has 0 radical (unpaired) electrons. The average Bonchev–Trinajstić information content (AvgIpc) is 2.89. The molecule has 2 aromatic rings. The highest BCUT2D eigenvalue weighted by molar-refractivity contribution is 7.98. The molecule has 1 aromatic carbocycles. The minimum Gasteiger partial charge on any atom is -0.361 e. The van der Waals surface area contributed by atoms with Crippen LogP contribution in [0.1, 0.15) is 5.56 Å². The molecule has 0 N–H and O–H groups in total. The first kappa shape index (κ1) is 16.3. The molecule has 2 rings (SSSR count). The summed E-state index contributed by atoms with van der Waals surface area (Å²) in [6.45, 7) is 8.55. The van der Waals surface area contributed by atoms with Crippen LogP contribution in [0.2, 0.25) is 25.7 Å². The number of ether oxygens (including phenoxy) is 1. The third kappa shape index (κ3) is 6.07. The quantitative estimate of drug-likeness (QED) is 0.407. The molecule has 0 spiro atoms. The van der Waals surface area contributed by atoms with Crippen LogP contribution in [0.25, 0.3) is 0 Å². The smallest absolute Gasteiger partial charge is 0.124 e. The lowest BCUT2D eigenvalue weighted by molar-refractivity contribution is 0.0819. The van der Waals surface area contributed by atoms with Crippen molar-refractivity contribution >= 4 is 19.8 Å². The second-order valence-electron chi connectivity index (χ2n) is 6.32. The van der Waals surface area contributed by atoms with Crippen LogP contribution in [0.4, 0.5) is 0 Å². The zero-order chi connectivity index (χ0) is 15.1. The maximum atomic E-state index is 5.79. The minimum atomic E-state index is -1.01. The van der Waals surface area contributed by atoms with Crippen molar-refractivity contribution in [3.63, 3.8) is 0 Å². The fourth-order valence-corrected chi connectivity index (χ4v) is 3.46. The van der Waals surface area contributed by atoms with Gasteiger partial charge in [0, 0.05) is 20.4 Å². The zero-order valence-corrected chi connectivity index (χ0v) is 14.9. The van der Waals surface area contributed by atoms with Gasteiger partial charge in [0.05, 0.1) is 17.6 Å². The minimum absolute atomic E-state index is 0.599. The molecule has 0 fully saturated rings. The third-order valence-corrected chi connectivity index (χ3v) is 5.95. The molecule has 21 heavy (non-hydrogen) atoms. The Hall–Kier alpha value is -1.04. The summed E-state index contributed by atoms with van der Waals surface area (Å²) in [6.07, 6.45) is 3.76. The Morgan fingerprint density at radius 2 is 1.95 bits per heavy atom. The number of nitrogens with zero attached hydrogens (tertiary/aromatic N) is 2. The largest absolute Gasteiger partial charge is 0.361 e. The summed E-state index contributed by atoms with van der Waals surface area (Å²) in [7, 11) is -1.01. The Morgan fingerprint density at radius 3 is 2.67 bits per heavy atom. The molecule has 1 heterocycles. The van der Waals surface area contributed by atoms with Crippen molar-refractivity contribution in [1.29, 1.82) is 0 Å². The van der Waals surface area contributed by atoms with Crippen molar-refractivity contribution in [3.8, 4) is 0 Å². The molecular formula is C16H24N2OSSi. The zero-order valence-electron chi connectivity index (χ0n) is 13.1. The molecule has 5 heteroatoms. The summed E-state index contributed by atoms with van der Waals surface area (Å²) in [5.74, 6) is 0.960. The first-order valence-corrected chi connectivity index (χ1v) is 12.0. The fraction of sp³-hybridized carbons (Fsp3) is 0.438. The molecule has 3 nitrogen and oxygen atoms in total. The number of thioether (sulfide) groups is 1. The Bertz CT molecular complexity index is 537. The Kier molecular flexibility index (Phi) is 6.08. The van der Waals surface area contributed by atoms with Gasteiger partial charge >= 0.3 is 0 Å². The third-order valence-electron chi connectivity index (χ3n) is 3.13. The molecule has 0 aliphatic rings. The van der Waals surface area contributed by atoms with Crippen LogP contribution in [0, 0.1) is 0 Å². The van der Waals surface area contributed by atoms with Gasteiger partial charge in [-0.15, -0.1) is 11.8 Å². The standard InChI is InChI=1S/C16H24N2OSSi/c1-21(2,3)10-9-19-14-18-13-17-11-16(18)20-12-15-7-5-4-6-8-15/h4-8,11,13H,9-10,12,14H2,1-3H3. The van der Waals surface area contributed by atoms with Gasteiger partial charge in [-0.05, 0) is 11.6 Å². The lowest BCUT2D eigenvalue weighted by atomic mass is 10.2. The lowest BCUT2D eigenvalue weighted by Crippen LogP contribution is -2.22. The SMILES string of the molecule is C[Si](C)(C)CCOCn1cncc1SCc1ccccc1. The van der Waals surface area contributed by atoms with E-state index in [1.54, 1.807) is 11.8 Å². The molecule has 0 saturated heterocycles. The molecule has 0 aliphatic carbocycles. The second kappa shape index (κ2) is 7.82. The summed E-state index contributed by atoms with van der Waals surface area (Å²) in [5.41, 5.74) is 1.33. The van der Waals surface area contributed by atoms with Crippen LogP contribution in [-0.2, 0) is 17.2 Å². The highest BCUT2D eigenvalue weighted by Gasteiger charge is 2.12. The van der Waals surface area contributed by atoms with E-state index >= 15 is 0 Å². The van der Waals surface area contributed by atoms with Crippen LogP contribution in [0.5, 0.6) is 0 Å². The normalized spacial score (nSPS) is 11.8. The number of hydrogen-bond acceptors (Lipinski definition) is 3. The van der Waals surface area contributed by atoms with Gasteiger partial charge in [0.15, 0.2) is 0 Å². The summed E-state index contributed by atoms with van der Waals surface area (Å²) in [4.78, 5) is 4.23. The van der Waals surface area contributed by atoms with Crippen LogP contribution in [0.3, 0.4) is 0 Å². The van der Waals surface area contributed by atoms with E-state index in [9.17, 15) is 0 Å².